The molecule has 0 amide bonds. The molecule has 0 bridgehead atoms. The van der Waals surface area contributed by atoms with Crippen LogP contribution < -0.4 is 5.14 Å². The van der Waals surface area contributed by atoms with Crippen LogP contribution >= 0.6 is 43.5 Å². The molecule has 0 unspecified atom stereocenters. The second kappa shape index (κ2) is 3.86. The van der Waals surface area contributed by atoms with Gasteiger partial charge in [0.05, 0.1) is 9.50 Å². The summed E-state index contributed by atoms with van der Waals surface area (Å²) < 4.78 is 23.1. The molecule has 3 nitrogen and oxygen atoms in total. The lowest BCUT2D eigenvalue weighted by molar-refractivity contribution is 0.597. The monoisotopic (exact) mass is 347 g/mol. The minimum atomic E-state index is -3.80. The molecule has 0 aliphatic carbocycles. The predicted octanol–water partition coefficient (Wildman–Crippen LogP) is 2.51. The van der Waals surface area contributed by atoms with E-state index < -0.39 is 10.0 Å². The van der Waals surface area contributed by atoms with Gasteiger partial charge in [-0.25, -0.2) is 13.6 Å². The van der Waals surface area contributed by atoms with Gasteiger partial charge >= 0.3 is 0 Å². The highest BCUT2D eigenvalue weighted by molar-refractivity contribution is 9.13. The molecular formula is C6H4Br2ClNO2S. The molecule has 0 saturated heterocycles. The number of nitrogens with two attached hydrogens (primary N) is 1. The van der Waals surface area contributed by atoms with Crippen LogP contribution in [0.4, 0.5) is 0 Å². The van der Waals surface area contributed by atoms with Crippen LogP contribution in [0.5, 0.6) is 0 Å². The van der Waals surface area contributed by atoms with Crippen molar-refractivity contribution in [1.29, 1.82) is 0 Å². The number of benzene rings is 1. The Morgan fingerprint density at radius 1 is 1.31 bits per heavy atom. The summed E-state index contributed by atoms with van der Waals surface area (Å²) in [6.07, 6.45) is 0. The Balaban J connectivity index is 3.62. The van der Waals surface area contributed by atoms with Gasteiger partial charge in [0, 0.05) is 4.47 Å². The zero-order valence-corrected chi connectivity index (χ0v) is 10.8. The zero-order valence-electron chi connectivity index (χ0n) is 6.09. The molecule has 0 atom stereocenters. The minimum absolute atomic E-state index is 0.0950. The van der Waals surface area contributed by atoms with Gasteiger partial charge in [0.15, 0.2) is 0 Å². The number of halogens is 3. The van der Waals surface area contributed by atoms with Gasteiger partial charge in [-0.3, -0.25) is 0 Å². The Hall–Kier alpha value is 0.380. The number of hydrogen-bond acceptors (Lipinski definition) is 2. The van der Waals surface area contributed by atoms with Gasteiger partial charge < -0.3 is 0 Å². The van der Waals surface area contributed by atoms with Crippen LogP contribution in [0.3, 0.4) is 0 Å². The Kier molecular flexibility index (Phi) is 3.40. The van der Waals surface area contributed by atoms with Crippen molar-refractivity contribution in [2.75, 3.05) is 0 Å². The molecule has 72 valence electrons. The van der Waals surface area contributed by atoms with Crippen molar-refractivity contribution in [3.63, 3.8) is 0 Å². The van der Waals surface area contributed by atoms with Crippen LogP contribution in [0.1, 0.15) is 0 Å². The van der Waals surface area contributed by atoms with Crippen LogP contribution in [-0.4, -0.2) is 8.42 Å². The standard InChI is InChI=1S/C6H4Br2ClNO2S/c7-3-1-2-4(9)6(5(3)8)13(10,11)12/h1-2H,(H2,10,11,12). The summed E-state index contributed by atoms with van der Waals surface area (Å²) in [7, 11) is -3.80. The van der Waals surface area contributed by atoms with Gasteiger partial charge in [-0.1, -0.05) is 11.6 Å². The van der Waals surface area contributed by atoms with Crippen molar-refractivity contribution in [1.82, 2.24) is 0 Å². The molecule has 13 heavy (non-hydrogen) atoms. The first-order valence-corrected chi connectivity index (χ1v) is 6.51. The third kappa shape index (κ3) is 2.44. The van der Waals surface area contributed by atoms with Crippen LogP contribution in [0, 0.1) is 0 Å². The normalized spacial score (nSPS) is 11.7. The molecule has 1 aromatic rings. The van der Waals surface area contributed by atoms with Crippen LogP contribution in [0.15, 0.2) is 26.0 Å². The Labute approximate surface area is 97.6 Å². The smallest absolute Gasteiger partial charge is 0.225 e. The average molecular weight is 349 g/mol. The molecule has 0 radical (unpaired) electrons. The molecule has 0 aliphatic rings. The SMILES string of the molecule is NS(=O)(=O)c1c(Cl)ccc(Br)c1Br. The van der Waals surface area contributed by atoms with E-state index >= 15 is 0 Å². The fourth-order valence-electron chi connectivity index (χ4n) is 0.769. The Morgan fingerprint density at radius 2 is 1.85 bits per heavy atom. The number of hydrogen-bond donors (Lipinski definition) is 1. The van der Waals surface area contributed by atoms with E-state index in [4.69, 9.17) is 16.7 Å². The van der Waals surface area contributed by atoms with Crippen LogP contribution in [-0.2, 0) is 10.0 Å². The molecule has 2 N–H and O–H groups in total. The highest BCUT2D eigenvalue weighted by Gasteiger charge is 2.18. The van der Waals surface area contributed by atoms with Gasteiger partial charge in [-0.05, 0) is 44.0 Å². The van der Waals surface area contributed by atoms with Crippen molar-refractivity contribution in [2.45, 2.75) is 4.90 Å². The molecule has 0 heterocycles. The molecule has 0 spiro atoms. The minimum Gasteiger partial charge on any atom is -0.225 e. The van der Waals surface area contributed by atoms with Gasteiger partial charge in [0.25, 0.3) is 0 Å². The Morgan fingerprint density at radius 3 is 2.23 bits per heavy atom. The van der Waals surface area contributed by atoms with Crippen molar-refractivity contribution >= 4 is 53.5 Å². The quantitative estimate of drug-likeness (QED) is 0.792. The molecular weight excluding hydrogens is 345 g/mol. The van der Waals surface area contributed by atoms with E-state index in [9.17, 15) is 8.42 Å². The maximum atomic E-state index is 11.1. The van der Waals surface area contributed by atoms with Crippen molar-refractivity contribution in [2.24, 2.45) is 5.14 Å². The molecule has 0 aromatic heterocycles. The molecule has 0 fully saturated rings. The predicted molar refractivity (Wildman–Crippen MR) is 58.2 cm³/mol. The fraction of sp³-hybridized carbons (Fsp3) is 0. The summed E-state index contributed by atoms with van der Waals surface area (Å²) >= 11 is 11.9. The first-order chi connectivity index (χ1) is 5.84. The lowest BCUT2D eigenvalue weighted by atomic mass is 10.4. The lowest BCUT2D eigenvalue weighted by Crippen LogP contribution is -2.13. The number of primary sulfonamides is 1. The third-order valence-electron chi connectivity index (χ3n) is 1.29. The van der Waals surface area contributed by atoms with E-state index in [0.717, 1.165) is 0 Å². The first kappa shape index (κ1) is 11.5. The zero-order chi connectivity index (χ0) is 10.2. The molecule has 0 aliphatic heterocycles. The summed E-state index contributed by atoms with van der Waals surface area (Å²) in [6.45, 7) is 0. The molecule has 1 aromatic carbocycles. The first-order valence-electron chi connectivity index (χ1n) is 3.00. The van der Waals surface area contributed by atoms with E-state index in [0.29, 0.717) is 8.95 Å². The number of rotatable bonds is 1. The maximum Gasteiger partial charge on any atom is 0.240 e. The highest BCUT2D eigenvalue weighted by Crippen LogP contribution is 2.34. The highest BCUT2D eigenvalue weighted by atomic mass is 79.9. The largest absolute Gasteiger partial charge is 0.240 e. The second-order valence-corrected chi connectivity index (χ2v) is 5.77. The topological polar surface area (TPSA) is 60.2 Å². The summed E-state index contributed by atoms with van der Waals surface area (Å²) in [6, 6.07) is 3.08. The van der Waals surface area contributed by atoms with E-state index in [1.54, 1.807) is 6.07 Å². The van der Waals surface area contributed by atoms with Crippen molar-refractivity contribution in [3.8, 4) is 0 Å². The fourth-order valence-corrected chi connectivity index (χ4v) is 3.55. The van der Waals surface area contributed by atoms with Gasteiger partial charge in [0.1, 0.15) is 4.90 Å². The molecule has 7 heteroatoms. The van der Waals surface area contributed by atoms with Crippen molar-refractivity contribution < 1.29 is 8.42 Å². The number of sulfonamides is 1. The van der Waals surface area contributed by atoms with Crippen molar-refractivity contribution in [3.05, 3.63) is 26.1 Å². The maximum absolute atomic E-state index is 11.1. The van der Waals surface area contributed by atoms with Gasteiger partial charge in [0.2, 0.25) is 10.0 Å². The summed E-state index contributed by atoms with van der Waals surface area (Å²) in [5.74, 6) is 0. The summed E-state index contributed by atoms with van der Waals surface area (Å²) in [5, 5.41) is 5.06. The summed E-state index contributed by atoms with van der Waals surface area (Å²) in [5.41, 5.74) is 0. The van der Waals surface area contributed by atoms with Gasteiger partial charge in [-0.15, -0.1) is 0 Å². The summed E-state index contributed by atoms with van der Waals surface area (Å²) in [4.78, 5) is -0.108. The third-order valence-corrected chi connectivity index (χ3v) is 4.99. The average Bonchev–Trinajstić information content (AvgIpc) is 1.95. The Bertz CT molecular complexity index is 446. The van der Waals surface area contributed by atoms with Crippen LogP contribution in [0.2, 0.25) is 5.02 Å². The van der Waals surface area contributed by atoms with Crippen LogP contribution in [0.25, 0.3) is 0 Å². The van der Waals surface area contributed by atoms with E-state index in [2.05, 4.69) is 31.9 Å². The van der Waals surface area contributed by atoms with E-state index in [1.807, 2.05) is 0 Å². The molecule has 0 saturated carbocycles. The molecule has 1 rings (SSSR count). The van der Waals surface area contributed by atoms with Gasteiger partial charge in [-0.2, -0.15) is 0 Å². The van der Waals surface area contributed by atoms with E-state index in [1.165, 1.54) is 6.07 Å². The second-order valence-electron chi connectivity index (χ2n) is 2.22. The lowest BCUT2D eigenvalue weighted by Gasteiger charge is -2.05. The van der Waals surface area contributed by atoms with E-state index in [-0.39, 0.29) is 9.92 Å².